The molecule has 5 rings (SSSR count). The first kappa shape index (κ1) is 18.9. The monoisotopic (exact) mass is 407 g/mol. The fourth-order valence-corrected chi connectivity index (χ4v) is 3.52. The first-order valence-corrected chi connectivity index (χ1v) is 10.0. The number of ether oxygens (including phenoxy) is 1. The van der Waals surface area contributed by atoms with Crippen LogP contribution in [0.3, 0.4) is 0 Å². The predicted molar refractivity (Wildman–Crippen MR) is 124 cm³/mol. The van der Waals surface area contributed by atoms with Crippen molar-refractivity contribution in [1.82, 2.24) is 4.98 Å². The fourth-order valence-electron chi connectivity index (χ4n) is 3.52. The average Bonchev–Trinajstić information content (AvgIpc) is 2.82. The Bertz CT molecular complexity index is 1450. The second-order valence-corrected chi connectivity index (χ2v) is 7.34. The van der Waals surface area contributed by atoms with Crippen LogP contribution >= 0.6 is 0 Å². The van der Waals surface area contributed by atoms with E-state index in [-0.39, 0.29) is 0 Å². The Balaban J connectivity index is 1.61. The summed E-state index contributed by atoms with van der Waals surface area (Å²) in [6.45, 7) is 2.05. The minimum Gasteiger partial charge on any atom is -0.497 e. The highest BCUT2D eigenvalue weighted by Gasteiger charge is 2.07. The van der Waals surface area contributed by atoms with E-state index in [0.717, 1.165) is 49.9 Å². The Morgan fingerprint density at radius 1 is 0.903 bits per heavy atom. The summed E-state index contributed by atoms with van der Waals surface area (Å²) < 4.78 is 11.4. The third kappa shape index (κ3) is 3.85. The summed E-state index contributed by atoms with van der Waals surface area (Å²) in [7, 11) is 1.65. The quantitative estimate of drug-likeness (QED) is 0.377. The van der Waals surface area contributed by atoms with Gasteiger partial charge >= 0.3 is 0 Å². The SMILES string of the molecule is COc1ccc(-c2cc(=NNc3ccc4ccccc4n3)c3cc(C)ccc3o2)cc1. The molecule has 2 heterocycles. The molecule has 0 aliphatic rings. The summed E-state index contributed by atoms with van der Waals surface area (Å²) in [4.78, 5) is 4.65. The van der Waals surface area contributed by atoms with E-state index >= 15 is 0 Å². The van der Waals surface area contributed by atoms with Crippen LogP contribution < -0.4 is 15.5 Å². The number of hydrogen-bond donors (Lipinski definition) is 1. The molecule has 5 nitrogen and oxygen atoms in total. The molecule has 0 saturated heterocycles. The molecule has 0 atom stereocenters. The van der Waals surface area contributed by atoms with Crippen molar-refractivity contribution in [3.05, 3.63) is 95.8 Å². The predicted octanol–water partition coefficient (Wildman–Crippen LogP) is 5.89. The third-order valence-electron chi connectivity index (χ3n) is 5.16. The minimum atomic E-state index is 0.686. The molecule has 3 aromatic carbocycles. The molecular formula is C26H21N3O2. The van der Waals surface area contributed by atoms with Gasteiger partial charge in [0, 0.05) is 22.4 Å². The zero-order chi connectivity index (χ0) is 21.2. The number of methoxy groups -OCH3 is 1. The van der Waals surface area contributed by atoms with Crippen molar-refractivity contribution in [2.24, 2.45) is 5.10 Å². The van der Waals surface area contributed by atoms with Crippen molar-refractivity contribution in [3.8, 4) is 17.1 Å². The van der Waals surface area contributed by atoms with Gasteiger partial charge in [-0.2, -0.15) is 5.10 Å². The Hall–Kier alpha value is -4.12. The third-order valence-corrected chi connectivity index (χ3v) is 5.16. The largest absolute Gasteiger partial charge is 0.497 e. The Morgan fingerprint density at radius 3 is 2.58 bits per heavy atom. The molecule has 0 aliphatic heterocycles. The summed E-state index contributed by atoms with van der Waals surface area (Å²) >= 11 is 0. The molecule has 0 saturated carbocycles. The Morgan fingerprint density at radius 2 is 1.74 bits per heavy atom. The maximum atomic E-state index is 6.18. The molecule has 0 aliphatic carbocycles. The zero-order valence-electron chi connectivity index (χ0n) is 17.3. The molecule has 0 unspecified atom stereocenters. The molecule has 1 N–H and O–H groups in total. The standard InChI is InChI=1S/C26H21N3O2/c1-17-7-13-24-21(15-17)23(16-25(31-24)19-8-11-20(30-2)12-9-19)28-29-26-14-10-18-5-3-4-6-22(18)27-26/h3-16H,1-2H3,(H,27,29). The lowest BCUT2D eigenvalue weighted by molar-refractivity contribution is 0.415. The molecule has 2 aromatic heterocycles. The Kier molecular flexibility index (Phi) is 4.84. The summed E-state index contributed by atoms with van der Waals surface area (Å²) in [6, 6.07) is 27.8. The number of aryl methyl sites for hydroxylation is 1. The van der Waals surface area contributed by atoms with Gasteiger partial charge in [0.2, 0.25) is 0 Å². The second kappa shape index (κ2) is 7.95. The molecule has 5 heteroatoms. The van der Waals surface area contributed by atoms with Crippen molar-refractivity contribution in [2.75, 3.05) is 12.5 Å². The van der Waals surface area contributed by atoms with E-state index in [9.17, 15) is 0 Å². The van der Waals surface area contributed by atoms with Gasteiger partial charge < -0.3 is 9.15 Å². The number of anilines is 1. The molecule has 5 aromatic rings. The van der Waals surface area contributed by atoms with Gasteiger partial charge in [-0.3, -0.25) is 5.43 Å². The van der Waals surface area contributed by atoms with Crippen LogP contribution in [0.4, 0.5) is 5.82 Å². The van der Waals surface area contributed by atoms with Gasteiger partial charge in [-0.15, -0.1) is 0 Å². The van der Waals surface area contributed by atoms with E-state index in [1.54, 1.807) is 7.11 Å². The highest BCUT2D eigenvalue weighted by molar-refractivity contribution is 5.81. The normalized spacial score (nSPS) is 11.7. The van der Waals surface area contributed by atoms with Crippen molar-refractivity contribution >= 4 is 27.7 Å². The molecule has 31 heavy (non-hydrogen) atoms. The highest BCUT2D eigenvalue weighted by Crippen LogP contribution is 2.25. The van der Waals surface area contributed by atoms with Crippen LogP contribution in [0.5, 0.6) is 5.75 Å². The lowest BCUT2D eigenvalue weighted by Crippen LogP contribution is -2.08. The van der Waals surface area contributed by atoms with E-state index in [0.29, 0.717) is 5.82 Å². The van der Waals surface area contributed by atoms with E-state index in [1.165, 1.54) is 0 Å². The number of benzene rings is 3. The first-order chi connectivity index (χ1) is 15.2. The number of hydrogen-bond acceptors (Lipinski definition) is 5. The molecule has 0 radical (unpaired) electrons. The Labute approximate surface area is 179 Å². The van der Waals surface area contributed by atoms with Gasteiger partial charge in [-0.25, -0.2) is 4.98 Å². The minimum absolute atomic E-state index is 0.686. The number of aromatic nitrogens is 1. The average molecular weight is 407 g/mol. The summed E-state index contributed by atoms with van der Waals surface area (Å²) in [5, 5.41) is 7.49. The van der Waals surface area contributed by atoms with Gasteiger partial charge in [0.15, 0.2) is 0 Å². The molecule has 0 amide bonds. The summed E-state index contributed by atoms with van der Waals surface area (Å²) in [5.74, 6) is 2.21. The van der Waals surface area contributed by atoms with Crippen molar-refractivity contribution in [1.29, 1.82) is 0 Å². The first-order valence-electron chi connectivity index (χ1n) is 10.0. The summed E-state index contributed by atoms with van der Waals surface area (Å²) in [6.07, 6.45) is 0. The number of fused-ring (bicyclic) bond motifs is 2. The maximum absolute atomic E-state index is 6.18. The number of pyridine rings is 1. The fraction of sp³-hybridized carbons (Fsp3) is 0.0769. The van der Waals surface area contributed by atoms with E-state index < -0.39 is 0 Å². The molecular weight excluding hydrogens is 386 g/mol. The molecule has 0 fully saturated rings. The topological polar surface area (TPSA) is 59.6 Å². The van der Waals surface area contributed by atoms with Crippen molar-refractivity contribution in [2.45, 2.75) is 6.92 Å². The van der Waals surface area contributed by atoms with Crippen LogP contribution in [-0.2, 0) is 0 Å². The highest BCUT2D eigenvalue weighted by atomic mass is 16.5. The van der Waals surface area contributed by atoms with Crippen molar-refractivity contribution in [3.63, 3.8) is 0 Å². The molecule has 0 bridgehead atoms. The van der Waals surface area contributed by atoms with Gasteiger partial charge in [0.1, 0.15) is 22.9 Å². The van der Waals surface area contributed by atoms with Crippen LogP contribution in [0.25, 0.3) is 33.2 Å². The molecule has 0 spiro atoms. The lowest BCUT2D eigenvalue weighted by atomic mass is 10.1. The summed E-state index contributed by atoms with van der Waals surface area (Å²) in [5.41, 5.74) is 6.89. The van der Waals surface area contributed by atoms with E-state index in [2.05, 4.69) is 28.5 Å². The van der Waals surface area contributed by atoms with E-state index in [4.69, 9.17) is 9.15 Å². The zero-order valence-corrected chi connectivity index (χ0v) is 17.3. The van der Waals surface area contributed by atoms with Gasteiger partial charge in [-0.05, 0) is 61.5 Å². The van der Waals surface area contributed by atoms with Crippen molar-refractivity contribution < 1.29 is 9.15 Å². The van der Waals surface area contributed by atoms with E-state index in [1.807, 2.05) is 78.9 Å². The van der Waals surface area contributed by atoms with Crippen LogP contribution in [0.1, 0.15) is 5.56 Å². The van der Waals surface area contributed by atoms with Crippen LogP contribution in [0.15, 0.2) is 94.4 Å². The number of nitrogens with one attached hydrogen (secondary N) is 1. The van der Waals surface area contributed by atoms with Crippen LogP contribution in [0, 0.1) is 6.92 Å². The van der Waals surface area contributed by atoms with Gasteiger partial charge in [0.05, 0.1) is 18.0 Å². The van der Waals surface area contributed by atoms with Gasteiger partial charge in [-0.1, -0.05) is 29.8 Å². The number of nitrogens with zero attached hydrogens (tertiary/aromatic N) is 2. The smallest absolute Gasteiger partial charge is 0.146 e. The lowest BCUT2D eigenvalue weighted by Gasteiger charge is -2.07. The molecule has 152 valence electrons. The van der Waals surface area contributed by atoms with Crippen LogP contribution in [-0.4, -0.2) is 12.1 Å². The second-order valence-electron chi connectivity index (χ2n) is 7.34. The number of rotatable bonds is 4. The maximum Gasteiger partial charge on any atom is 0.146 e. The van der Waals surface area contributed by atoms with Crippen LogP contribution in [0.2, 0.25) is 0 Å². The number of para-hydroxylation sites is 1. The van der Waals surface area contributed by atoms with Gasteiger partial charge in [0.25, 0.3) is 0 Å².